The number of fused-ring (bicyclic) bond motifs is 2. The Morgan fingerprint density at radius 3 is 2.67 bits per heavy atom. The number of hydrogen-bond acceptors (Lipinski definition) is 3. The molecule has 140 valence electrons. The van der Waals surface area contributed by atoms with Crippen molar-refractivity contribution in [3.8, 4) is 0 Å². The quantitative estimate of drug-likeness (QED) is 0.883. The van der Waals surface area contributed by atoms with Crippen LogP contribution in [0.3, 0.4) is 0 Å². The lowest BCUT2D eigenvalue weighted by atomic mass is 9.74. The summed E-state index contributed by atoms with van der Waals surface area (Å²) in [6.45, 7) is 3.55. The molecule has 0 spiro atoms. The maximum absolute atomic E-state index is 6.73. The molecule has 2 atom stereocenters. The van der Waals surface area contributed by atoms with E-state index in [2.05, 4.69) is 53.5 Å². The van der Waals surface area contributed by atoms with Crippen LogP contribution in [0.5, 0.6) is 0 Å². The molecule has 3 aliphatic rings. The van der Waals surface area contributed by atoms with Crippen molar-refractivity contribution in [3.05, 3.63) is 70.3 Å². The number of rotatable bonds is 2. The molecule has 1 saturated heterocycles. The number of nitrogens with zero attached hydrogens (tertiary/aromatic N) is 1. The lowest BCUT2D eigenvalue weighted by Gasteiger charge is -2.38. The van der Waals surface area contributed by atoms with Crippen molar-refractivity contribution in [3.63, 3.8) is 0 Å². The first-order valence-electron chi connectivity index (χ1n) is 10.3. The van der Waals surface area contributed by atoms with Crippen molar-refractivity contribution in [1.29, 1.82) is 0 Å². The first-order valence-corrected chi connectivity index (χ1v) is 10.3. The third kappa shape index (κ3) is 2.99. The molecule has 2 aromatic carbocycles. The molecule has 0 saturated carbocycles. The van der Waals surface area contributed by atoms with E-state index in [1.165, 1.54) is 53.6 Å². The summed E-state index contributed by atoms with van der Waals surface area (Å²) in [6.07, 6.45) is 9.35. The van der Waals surface area contributed by atoms with Crippen LogP contribution in [-0.4, -0.2) is 32.3 Å². The SMILES string of the molecule is NC1C=Cc2ccccc2C1c1c(N2CCOCC2)ccc2c1CCCC2. The van der Waals surface area contributed by atoms with Gasteiger partial charge in [-0.2, -0.15) is 0 Å². The molecule has 2 unspecified atom stereocenters. The number of aryl methyl sites for hydroxylation is 1. The Hall–Kier alpha value is -2.10. The van der Waals surface area contributed by atoms with Gasteiger partial charge in [0.15, 0.2) is 0 Å². The van der Waals surface area contributed by atoms with Crippen LogP contribution in [0.2, 0.25) is 0 Å². The predicted octanol–water partition coefficient (Wildman–Crippen LogP) is 3.89. The van der Waals surface area contributed by atoms with Crippen LogP contribution < -0.4 is 10.6 Å². The van der Waals surface area contributed by atoms with Crippen LogP contribution >= 0.6 is 0 Å². The van der Waals surface area contributed by atoms with Gasteiger partial charge in [0.1, 0.15) is 0 Å². The highest BCUT2D eigenvalue weighted by molar-refractivity contribution is 5.69. The molecule has 1 heterocycles. The van der Waals surface area contributed by atoms with Crippen molar-refractivity contribution < 1.29 is 4.74 Å². The van der Waals surface area contributed by atoms with Gasteiger partial charge in [0.05, 0.1) is 13.2 Å². The molecule has 2 aromatic rings. The standard InChI is InChI=1S/C24H28N2O/c25-21-11-9-17-5-1-3-7-19(17)23(21)24-20-8-4-2-6-18(20)10-12-22(24)26-13-15-27-16-14-26/h1,3,5,7,9-12,21,23H,2,4,6,8,13-16,25H2. The molecular weight excluding hydrogens is 332 g/mol. The maximum Gasteiger partial charge on any atom is 0.0642 e. The number of ether oxygens (including phenoxy) is 1. The van der Waals surface area contributed by atoms with Crippen LogP contribution in [0.4, 0.5) is 5.69 Å². The molecule has 1 aliphatic heterocycles. The molecule has 3 nitrogen and oxygen atoms in total. The van der Waals surface area contributed by atoms with E-state index in [0.29, 0.717) is 0 Å². The number of benzene rings is 2. The summed E-state index contributed by atoms with van der Waals surface area (Å²) >= 11 is 0. The van der Waals surface area contributed by atoms with E-state index >= 15 is 0 Å². The summed E-state index contributed by atoms with van der Waals surface area (Å²) in [7, 11) is 0. The van der Waals surface area contributed by atoms with E-state index in [1.807, 2.05) is 0 Å². The fraction of sp³-hybridized carbons (Fsp3) is 0.417. The molecule has 2 N–H and O–H groups in total. The fourth-order valence-electron chi connectivity index (χ4n) is 5.10. The highest BCUT2D eigenvalue weighted by Crippen LogP contribution is 2.43. The molecule has 0 bridgehead atoms. The zero-order valence-corrected chi connectivity index (χ0v) is 15.9. The van der Waals surface area contributed by atoms with Gasteiger partial charge in [0.25, 0.3) is 0 Å². The molecular formula is C24H28N2O. The molecule has 1 fully saturated rings. The van der Waals surface area contributed by atoms with Gasteiger partial charge in [-0.3, -0.25) is 0 Å². The Balaban J connectivity index is 1.71. The van der Waals surface area contributed by atoms with E-state index in [9.17, 15) is 0 Å². The average Bonchev–Trinajstić information content (AvgIpc) is 2.74. The van der Waals surface area contributed by atoms with Crippen LogP contribution in [0.25, 0.3) is 6.08 Å². The largest absolute Gasteiger partial charge is 0.378 e. The molecule has 0 radical (unpaired) electrons. The first kappa shape index (κ1) is 17.0. The van der Waals surface area contributed by atoms with Crippen molar-refractivity contribution in [2.24, 2.45) is 5.73 Å². The topological polar surface area (TPSA) is 38.5 Å². The van der Waals surface area contributed by atoms with Gasteiger partial charge in [0, 0.05) is 30.7 Å². The first-order chi connectivity index (χ1) is 13.3. The van der Waals surface area contributed by atoms with Gasteiger partial charge in [-0.15, -0.1) is 0 Å². The van der Waals surface area contributed by atoms with E-state index < -0.39 is 0 Å². The molecule has 0 aromatic heterocycles. The van der Waals surface area contributed by atoms with Crippen LogP contribution in [0.1, 0.15) is 46.6 Å². The number of nitrogens with two attached hydrogens (primary N) is 1. The zero-order valence-electron chi connectivity index (χ0n) is 15.9. The Kier molecular flexibility index (Phi) is 4.50. The molecule has 5 rings (SSSR count). The summed E-state index contributed by atoms with van der Waals surface area (Å²) in [5.74, 6) is 0.233. The fourth-order valence-corrected chi connectivity index (χ4v) is 5.10. The Morgan fingerprint density at radius 1 is 0.963 bits per heavy atom. The van der Waals surface area contributed by atoms with Gasteiger partial charge in [-0.25, -0.2) is 0 Å². The van der Waals surface area contributed by atoms with Gasteiger partial charge >= 0.3 is 0 Å². The third-order valence-corrected chi connectivity index (χ3v) is 6.43. The molecule has 3 heteroatoms. The highest BCUT2D eigenvalue weighted by Gasteiger charge is 2.32. The predicted molar refractivity (Wildman–Crippen MR) is 111 cm³/mol. The van der Waals surface area contributed by atoms with Crippen molar-refractivity contribution >= 4 is 11.8 Å². The normalized spacial score (nSPS) is 24.4. The summed E-state index contributed by atoms with van der Waals surface area (Å²) < 4.78 is 5.62. The third-order valence-electron chi connectivity index (χ3n) is 6.43. The van der Waals surface area contributed by atoms with Crippen LogP contribution in [0, 0.1) is 0 Å². The second-order valence-electron chi connectivity index (χ2n) is 7.99. The summed E-state index contributed by atoms with van der Waals surface area (Å²) in [6, 6.07) is 13.5. The van der Waals surface area contributed by atoms with Gasteiger partial charge in [0.2, 0.25) is 0 Å². The lowest BCUT2D eigenvalue weighted by Crippen LogP contribution is -2.39. The van der Waals surface area contributed by atoms with Crippen LogP contribution in [-0.2, 0) is 17.6 Å². The zero-order chi connectivity index (χ0) is 18.2. The smallest absolute Gasteiger partial charge is 0.0642 e. The number of morpholine rings is 1. The van der Waals surface area contributed by atoms with Crippen molar-refractivity contribution in [1.82, 2.24) is 0 Å². The maximum atomic E-state index is 6.73. The summed E-state index contributed by atoms with van der Waals surface area (Å²) in [5.41, 5.74) is 15.4. The van der Waals surface area contributed by atoms with Crippen molar-refractivity contribution in [2.75, 3.05) is 31.2 Å². The second kappa shape index (κ2) is 7.14. The van der Waals surface area contributed by atoms with E-state index in [-0.39, 0.29) is 12.0 Å². The molecule has 2 aliphatic carbocycles. The Bertz CT molecular complexity index is 867. The minimum Gasteiger partial charge on any atom is -0.378 e. The van der Waals surface area contributed by atoms with Crippen molar-refractivity contribution in [2.45, 2.75) is 37.6 Å². The van der Waals surface area contributed by atoms with Gasteiger partial charge in [-0.05, 0) is 59.6 Å². The van der Waals surface area contributed by atoms with Gasteiger partial charge in [-0.1, -0.05) is 42.5 Å². The molecule has 27 heavy (non-hydrogen) atoms. The van der Waals surface area contributed by atoms with Gasteiger partial charge < -0.3 is 15.4 Å². The lowest BCUT2D eigenvalue weighted by molar-refractivity contribution is 0.122. The minimum absolute atomic E-state index is 0.0214. The van der Waals surface area contributed by atoms with Crippen LogP contribution in [0.15, 0.2) is 42.5 Å². The minimum atomic E-state index is 0.0214. The number of hydrogen-bond donors (Lipinski definition) is 1. The summed E-state index contributed by atoms with van der Waals surface area (Å²) in [5, 5.41) is 0. The van der Waals surface area contributed by atoms with E-state index in [0.717, 1.165) is 26.3 Å². The highest BCUT2D eigenvalue weighted by atomic mass is 16.5. The summed E-state index contributed by atoms with van der Waals surface area (Å²) in [4.78, 5) is 2.52. The Morgan fingerprint density at radius 2 is 1.78 bits per heavy atom. The van der Waals surface area contributed by atoms with E-state index in [1.54, 1.807) is 5.56 Å². The Labute approximate surface area is 161 Å². The second-order valence-corrected chi connectivity index (χ2v) is 7.99. The molecule has 0 amide bonds. The van der Waals surface area contributed by atoms with E-state index in [4.69, 9.17) is 10.5 Å². The average molecular weight is 361 g/mol. The number of anilines is 1. The monoisotopic (exact) mass is 360 g/mol.